The maximum absolute atomic E-state index is 12.0. The van der Waals surface area contributed by atoms with Crippen LogP contribution in [0.4, 0.5) is 5.69 Å². The summed E-state index contributed by atoms with van der Waals surface area (Å²) in [5.74, 6) is 0. The van der Waals surface area contributed by atoms with Crippen LogP contribution in [-0.4, -0.2) is 34.2 Å². The Balaban J connectivity index is 1.96. The number of hydrogen-bond acceptors (Lipinski definition) is 4. The van der Waals surface area contributed by atoms with Crippen molar-refractivity contribution in [3.8, 4) is 0 Å². The van der Waals surface area contributed by atoms with Gasteiger partial charge in [0.2, 0.25) is 10.0 Å². The molecule has 118 valence electrons. The van der Waals surface area contributed by atoms with Gasteiger partial charge >= 0.3 is 0 Å². The second-order valence-electron chi connectivity index (χ2n) is 5.52. The molecular formula is C15H24N2O3S. The predicted molar refractivity (Wildman–Crippen MR) is 84.0 cm³/mol. The highest BCUT2D eigenvalue weighted by Crippen LogP contribution is 2.35. The molecule has 0 atom stereocenters. The lowest BCUT2D eigenvalue weighted by molar-refractivity contribution is -0.0601. The van der Waals surface area contributed by atoms with Crippen LogP contribution in [0.1, 0.15) is 32.6 Å². The van der Waals surface area contributed by atoms with Crippen molar-refractivity contribution in [2.45, 2.75) is 43.1 Å². The van der Waals surface area contributed by atoms with E-state index in [1.165, 1.54) is 6.42 Å². The van der Waals surface area contributed by atoms with Gasteiger partial charge in [0.05, 0.1) is 10.5 Å². The Labute approximate surface area is 127 Å². The first kappa shape index (κ1) is 16.3. The van der Waals surface area contributed by atoms with E-state index in [1.807, 2.05) is 6.92 Å². The van der Waals surface area contributed by atoms with Gasteiger partial charge in [0.1, 0.15) is 0 Å². The summed E-state index contributed by atoms with van der Waals surface area (Å²) < 4.78 is 32.0. The van der Waals surface area contributed by atoms with Crippen LogP contribution in [-0.2, 0) is 14.8 Å². The van der Waals surface area contributed by atoms with E-state index in [-0.39, 0.29) is 5.60 Å². The highest BCUT2D eigenvalue weighted by Gasteiger charge is 2.36. The number of anilines is 1. The van der Waals surface area contributed by atoms with E-state index < -0.39 is 10.0 Å². The fraction of sp³-hybridized carbons (Fsp3) is 0.600. The van der Waals surface area contributed by atoms with Crippen molar-refractivity contribution < 1.29 is 13.2 Å². The zero-order valence-electron chi connectivity index (χ0n) is 12.7. The van der Waals surface area contributed by atoms with Gasteiger partial charge in [0.15, 0.2) is 0 Å². The molecule has 0 aliphatic heterocycles. The van der Waals surface area contributed by atoms with Gasteiger partial charge in [-0.2, -0.15) is 0 Å². The quantitative estimate of drug-likeness (QED) is 0.773. The molecule has 2 rings (SSSR count). The first-order valence-electron chi connectivity index (χ1n) is 7.40. The van der Waals surface area contributed by atoms with Gasteiger partial charge in [-0.1, -0.05) is 6.92 Å². The van der Waals surface area contributed by atoms with E-state index in [2.05, 4.69) is 10.0 Å². The average Bonchev–Trinajstić information content (AvgIpc) is 2.45. The Kier molecular flexibility index (Phi) is 5.24. The summed E-state index contributed by atoms with van der Waals surface area (Å²) in [5.41, 5.74) is 0.862. The molecule has 1 aliphatic rings. The molecule has 0 spiro atoms. The molecule has 0 heterocycles. The summed E-state index contributed by atoms with van der Waals surface area (Å²) >= 11 is 0. The van der Waals surface area contributed by atoms with E-state index in [0.717, 1.165) is 31.5 Å². The maximum atomic E-state index is 12.0. The summed E-state index contributed by atoms with van der Waals surface area (Å²) in [7, 11) is -1.64. The predicted octanol–water partition coefficient (Wildman–Crippen LogP) is 2.36. The number of nitrogens with one attached hydrogen (secondary N) is 2. The minimum absolute atomic E-state index is 0.0482. The van der Waals surface area contributed by atoms with Gasteiger partial charge in [-0.25, -0.2) is 13.1 Å². The molecule has 5 nitrogen and oxygen atoms in total. The zero-order valence-corrected chi connectivity index (χ0v) is 13.5. The fourth-order valence-electron chi connectivity index (χ4n) is 2.36. The molecule has 1 aromatic rings. The standard InChI is InChI=1S/C15H24N2O3S/c1-3-11-17-21(18,19)14-7-5-13(6-8-14)16-12-15(20-2)9-4-10-15/h5-8,16-17H,3-4,9-12H2,1-2H3. The largest absolute Gasteiger partial charge is 0.382 e. The van der Waals surface area contributed by atoms with Crippen LogP contribution in [0.3, 0.4) is 0 Å². The normalized spacial score (nSPS) is 17.2. The number of rotatable bonds is 8. The number of hydrogen-bond donors (Lipinski definition) is 2. The third-order valence-electron chi connectivity index (χ3n) is 4.02. The topological polar surface area (TPSA) is 67.4 Å². The summed E-state index contributed by atoms with van der Waals surface area (Å²) in [6.45, 7) is 3.14. The molecule has 0 bridgehead atoms. The molecule has 0 radical (unpaired) electrons. The first-order valence-corrected chi connectivity index (χ1v) is 8.88. The van der Waals surface area contributed by atoms with E-state index in [1.54, 1.807) is 31.4 Å². The minimum atomic E-state index is -3.38. The molecule has 2 N–H and O–H groups in total. The Morgan fingerprint density at radius 2 is 1.90 bits per heavy atom. The minimum Gasteiger partial charge on any atom is -0.382 e. The van der Waals surface area contributed by atoms with Gasteiger partial charge in [-0.15, -0.1) is 0 Å². The van der Waals surface area contributed by atoms with Crippen molar-refractivity contribution in [1.29, 1.82) is 0 Å². The number of benzene rings is 1. The molecule has 0 saturated heterocycles. The van der Waals surface area contributed by atoms with Crippen molar-refractivity contribution in [3.63, 3.8) is 0 Å². The van der Waals surface area contributed by atoms with E-state index in [0.29, 0.717) is 11.4 Å². The van der Waals surface area contributed by atoms with Crippen LogP contribution in [0.5, 0.6) is 0 Å². The van der Waals surface area contributed by atoms with Crippen LogP contribution >= 0.6 is 0 Å². The van der Waals surface area contributed by atoms with Crippen molar-refractivity contribution in [2.75, 3.05) is 25.5 Å². The highest BCUT2D eigenvalue weighted by molar-refractivity contribution is 7.89. The van der Waals surface area contributed by atoms with Crippen LogP contribution in [0.15, 0.2) is 29.2 Å². The SMILES string of the molecule is CCCNS(=O)(=O)c1ccc(NCC2(OC)CCC2)cc1. The molecule has 21 heavy (non-hydrogen) atoms. The molecular weight excluding hydrogens is 288 g/mol. The van der Waals surface area contributed by atoms with Crippen molar-refractivity contribution >= 4 is 15.7 Å². The van der Waals surface area contributed by atoms with Crippen LogP contribution in [0.25, 0.3) is 0 Å². The molecule has 1 fully saturated rings. The lowest BCUT2D eigenvalue weighted by Gasteiger charge is -2.40. The number of sulfonamides is 1. The van der Waals surface area contributed by atoms with Crippen LogP contribution in [0.2, 0.25) is 0 Å². The highest BCUT2D eigenvalue weighted by atomic mass is 32.2. The third kappa shape index (κ3) is 3.96. The Hall–Kier alpha value is -1.11. The number of methoxy groups -OCH3 is 1. The Morgan fingerprint density at radius 1 is 1.24 bits per heavy atom. The molecule has 0 unspecified atom stereocenters. The van der Waals surface area contributed by atoms with Crippen LogP contribution < -0.4 is 10.0 Å². The van der Waals surface area contributed by atoms with Crippen molar-refractivity contribution in [2.24, 2.45) is 0 Å². The summed E-state index contributed by atoms with van der Waals surface area (Å²) in [6.07, 6.45) is 4.13. The van der Waals surface area contributed by atoms with Gasteiger partial charge in [0, 0.05) is 25.9 Å². The molecule has 1 aromatic carbocycles. The third-order valence-corrected chi connectivity index (χ3v) is 5.50. The van der Waals surface area contributed by atoms with Gasteiger partial charge < -0.3 is 10.1 Å². The lowest BCUT2D eigenvalue weighted by Crippen LogP contribution is -2.45. The van der Waals surface area contributed by atoms with E-state index in [9.17, 15) is 8.42 Å². The second-order valence-corrected chi connectivity index (χ2v) is 7.28. The Bertz CT molecular complexity index is 545. The smallest absolute Gasteiger partial charge is 0.240 e. The Morgan fingerprint density at radius 3 is 2.38 bits per heavy atom. The fourth-order valence-corrected chi connectivity index (χ4v) is 3.49. The second kappa shape index (κ2) is 6.77. The van der Waals surface area contributed by atoms with Gasteiger partial charge in [-0.3, -0.25) is 0 Å². The van der Waals surface area contributed by atoms with E-state index in [4.69, 9.17) is 4.74 Å². The van der Waals surface area contributed by atoms with E-state index >= 15 is 0 Å². The maximum Gasteiger partial charge on any atom is 0.240 e. The summed E-state index contributed by atoms with van der Waals surface area (Å²) in [4.78, 5) is 0.298. The van der Waals surface area contributed by atoms with Crippen molar-refractivity contribution in [3.05, 3.63) is 24.3 Å². The summed E-state index contributed by atoms with van der Waals surface area (Å²) in [5, 5.41) is 3.32. The molecule has 6 heteroatoms. The monoisotopic (exact) mass is 312 g/mol. The average molecular weight is 312 g/mol. The zero-order chi connectivity index (χ0) is 15.3. The lowest BCUT2D eigenvalue weighted by atomic mass is 9.80. The van der Waals surface area contributed by atoms with Gasteiger partial charge in [0.25, 0.3) is 0 Å². The van der Waals surface area contributed by atoms with Crippen LogP contribution in [0, 0.1) is 0 Å². The van der Waals surface area contributed by atoms with Gasteiger partial charge in [-0.05, 0) is 49.9 Å². The molecule has 1 aliphatic carbocycles. The molecule has 0 aromatic heterocycles. The molecule has 1 saturated carbocycles. The first-order chi connectivity index (χ1) is 10.0. The van der Waals surface area contributed by atoms with Crippen molar-refractivity contribution in [1.82, 2.24) is 4.72 Å². The summed E-state index contributed by atoms with van der Waals surface area (Å²) in [6, 6.07) is 6.84. The molecule has 0 amide bonds. The number of ether oxygens (including phenoxy) is 1.